The molecule has 7 heteroatoms. The highest BCUT2D eigenvalue weighted by Crippen LogP contribution is 2.10. The third-order valence-corrected chi connectivity index (χ3v) is 3.24. The van der Waals surface area contributed by atoms with Gasteiger partial charge in [-0.1, -0.05) is 15.9 Å². The fourth-order valence-electron chi connectivity index (χ4n) is 1.72. The molecule has 0 spiro atoms. The van der Waals surface area contributed by atoms with Crippen molar-refractivity contribution in [2.75, 3.05) is 19.6 Å². The molecule has 1 aromatic carbocycles. The molecule has 1 unspecified atom stereocenters. The molecule has 0 fully saturated rings. The Hall–Kier alpha value is -1.08. The monoisotopic (exact) mass is 404 g/mol. The first kappa shape index (κ1) is 17.0. The Kier molecular flexibility index (Phi) is 7.01. The third kappa shape index (κ3) is 5.13. The number of carbonyl (C=O) groups excluding carboxylic acids is 1. The number of benzene rings is 1. The minimum Gasteiger partial charge on any atom is -0.355 e. The lowest BCUT2D eigenvalue weighted by Crippen LogP contribution is -2.41. The van der Waals surface area contributed by atoms with Crippen LogP contribution in [0.3, 0.4) is 0 Å². The van der Waals surface area contributed by atoms with Crippen LogP contribution in [0.15, 0.2) is 33.7 Å². The molecule has 2 rings (SSSR count). The summed E-state index contributed by atoms with van der Waals surface area (Å²) < 4.78 is 0.963. The molecule has 1 aliphatic rings. The van der Waals surface area contributed by atoms with E-state index in [1.807, 2.05) is 12.1 Å². The maximum Gasteiger partial charge on any atom is 0.251 e. The number of aliphatic imine (C=N–C) groups is 1. The topological polar surface area (TPSA) is 65.5 Å². The number of hydrogen-bond donors (Lipinski definition) is 3. The van der Waals surface area contributed by atoms with Gasteiger partial charge in [0, 0.05) is 29.2 Å². The molecule has 0 bridgehead atoms. The maximum atomic E-state index is 11.8. The predicted octanol–water partition coefficient (Wildman–Crippen LogP) is 1.69. The molecule has 5 nitrogen and oxygen atoms in total. The van der Waals surface area contributed by atoms with Crippen molar-refractivity contribution >= 4 is 44.8 Å². The zero-order valence-electron chi connectivity index (χ0n) is 11.1. The van der Waals surface area contributed by atoms with Crippen molar-refractivity contribution in [3.8, 4) is 0 Å². The molecule has 20 heavy (non-hydrogen) atoms. The number of guanidine groups is 1. The number of halogens is 2. The zero-order chi connectivity index (χ0) is 13.7. The summed E-state index contributed by atoms with van der Waals surface area (Å²) in [4.78, 5) is 16.1. The van der Waals surface area contributed by atoms with E-state index in [1.54, 1.807) is 12.1 Å². The third-order valence-electron chi connectivity index (χ3n) is 2.72. The molecule has 0 aliphatic carbocycles. The summed E-state index contributed by atoms with van der Waals surface area (Å²) in [6.45, 7) is 4.09. The van der Waals surface area contributed by atoms with E-state index in [9.17, 15) is 4.79 Å². The first-order valence-electron chi connectivity index (χ1n) is 6.24. The summed E-state index contributed by atoms with van der Waals surface area (Å²) in [5.41, 5.74) is 0.660. The van der Waals surface area contributed by atoms with Crippen molar-refractivity contribution in [1.82, 2.24) is 16.0 Å². The first-order valence-corrected chi connectivity index (χ1v) is 7.03. The van der Waals surface area contributed by atoms with E-state index in [2.05, 4.69) is 43.8 Å². The lowest BCUT2D eigenvalue weighted by molar-refractivity contribution is 0.0954. The van der Waals surface area contributed by atoms with E-state index in [0.717, 1.165) is 17.0 Å². The van der Waals surface area contributed by atoms with Gasteiger partial charge in [-0.25, -0.2) is 0 Å². The highest BCUT2D eigenvalue weighted by atomic mass is 79.9. The average Bonchev–Trinajstić information content (AvgIpc) is 2.81. The number of nitrogens with one attached hydrogen (secondary N) is 3. The van der Waals surface area contributed by atoms with Gasteiger partial charge in [0.05, 0.1) is 6.54 Å². The Bertz CT molecular complexity index is 476. The fourth-order valence-corrected chi connectivity index (χ4v) is 1.98. The second kappa shape index (κ2) is 8.26. The summed E-state index contributed by atoms with van der Waals surface area (Å²) in [6, 6.07) is 7.67. The molecular formula is C13H18Br2N4O. The lowest BCUT2D eigenvalue weighted by Gasteiger charge is -2.09. The Balaban J connectivity index is 0.00000200. The van der Waals surface area contributed by atoms with E-state index >= 15 is 0 Å². The summed E-state index contributed by atoms with van der Waals surface area (Å²) in [7, 11) is 0. The maximum absolute atomic E-state index is 11.8. The normalized spacial score (nSPS) is 16.7. The second-order valence-electron chi connectivity index (χ2n) is 4.42. The predicted molar refractivity (Wildman–Crippen MR) is 89.7 cm³/mol. The number of hydrogen-bond acceptors (Lipinski definition) is 4. The van der Waals surface area contributed by atoms with E-state index in [4.69, 9.17) is 0 Å². The van der Waals surface area contributed by atoms with E-state index < -0.39 is 0 Å². The number of carbonyl (C=O) groups is 1. The van der Waals surface area contributed by atoms with Crippen LogP contribution < -0.4 is 16.0 Å². The Morgan fingerprint density at radius 3 is 2.70 bits per heavy atom. The van der Waals surface area contributed by atoms with Gasteiger partial charge in [-0.15, -0.1) is 17.0 Å². The van der Waals surface area contributed by atoms with E-state index in [-0.39, 0.29) is 22.9 Å². The van der Waals surface area contributed by atoms with Gasteiger partial charge in [0.25, 0.3) is 5.91 Å². The van der Waals surface area contributed by atoms with Crippen molar-refractivity contribution in [2.45, 2.75) is 13.0 Å². The van der Waals surface area contributed by atoms with Crippen LogP contribution in [0.1, 0.15) is 17.3 Å². The smallest absolute Gasteiger partial charge is 0.251 e. The Labute approximate surface area is 137 Å². The van der Waals surface area contributed by atoms with Gasteiger partial charge in [-0.05, 0) is 31.2 Å². The molecule has 0 radical (unpaired) electrons. The van der Waals surface area contributed by atoms with Crippen LogP contribution in [-0.2, 0) is 0 Å². The molecule has 1 heterocycles. The van der Waals surface area contributed by atoms with Crippen LogP contribution in [0.25, 0.3) is 0 Å². The molecule has 1 aromatic rings. The van der Waals surface area contributed by atoms with Gasteiger partial charge in [-0.3, -0.25) is 9.79 Å². The SMILES string of the molecule is Br.CC1CN=C(NCCNC(=O)c2ccc(Br)cc2)N1. The Morgan fingerprint density at radius 1 is 1.40 bits per heavy atom. The molecule has 0 saturated heterocycles. The van der Waals surface area contributed by atoms with Gasteiger partial charge in [0.1, 0.15) is 0 Å². The second-order valence-corrected chi connectivity index (χ2v) is 5.34. The minimum absolute atomic E-state index is 0. The summed E-state index contributed by atoms with van der Waals surface area (Å²) in [6.07, 6.45) is 0. The molecule has 0 aromatic heterocycles. The van der Waals surface area contributed by atoms with E-state index in [1.165, 1.54) is 0 Å². The van der Waals surface area contributed by atoms with Crippen molar-refractivity contribution in [3.63, 3.8) is 0 Å². The highest BCUT2D eigenvalue weighted by Gasteiger charge is 2.11. The molecule has 110 valence electrons. The highest BCUT2D eigenvalue weighted by molar-refractivity contribution is 9.10. The number of amides is 1. The van der Waals surface area contributed by atoms with Gasteiger partial charge < -0.3 is 16.0 Å². The van der Waals surface area contributed by atoms with Crippen LogP contribution >= 0.6 is 32.9 Å². The van der Waals surface area contributed by atoms with Gasteiger partial charge in [-0.2, -0.15) is 0 Å². The minimum atomic E-state index is -0.0658. The molecular weight excluding hydrogens is 388 g/mol. The average molecular weight is 406 g/mol. The quantitative estimate of drug-likeness (QED) is 0.668. The Morgan fingerprint density at radius 2 is 2.10 bits per heavy atom. The largest absolute Gasteiger partial charge is 0.355 e. The van der Waals surface area contributed by atoms with Crippen LogP contribution in [0, 0.1) is 0 Å². The summed E-state index contributed by atoms with van der Waals surface area (Å²) in [5.74, 6) is 0.745. The van der Waals surface area contributed by atoms with Crippen molar-refractivity contribution in [3.05, 3.63) is 34.3 Å². The number of rotatable bonds is 4. The standard InChI is InChI=1S/C13H17BrN4O.BrH/c1-9-8-17-13(18-9)16-7-6-15-12(19)10-2-4-11(14)5-3-10;/h2-5,9H,6-8H2,1H3,(H,15,19)(H2,16,17,18);1H. The summed E-state index contributed by atoms with van der Waals surface area (Å²) >= 11 is 3.34. The first-order chi connectivity index (χ1) is 9.15. The van der Waals surface area contributed by atoms with Crippen LogP contribution in [0.4, 0.5) is 0 Å². The van der Waals surface area contributed by atoms with Crippen molar-refractivity contribution in [1.29, 1.82) is 0 Å². The van der Waals surface area contributed by atoms with Gasteiger partial charge in [0.2, 0.25) is 0 Å². The molecule has 1 aliphatic heterocycles. The van der Waals surface area contributed by atoms with Crippen LogP contribution in [-0.4, -0.2) is 37.5 Å². The lowest BCUT2D eigenvalue weighted by atomic mass is 10.2. The molecule has 1 amide bonds. The zero-order valence-corrected chi connectivity index (χ0v) is 14.4. The molecule has 0 saturated carbocycles. The van der Waals surface area contributed by atoms with Crippen molar-refractivity contribution < 1.29 is 4.79 Å². The molecule has 3 N–H and O–H groups in total. The van der Waals surface area contributed by atoms with Crippen LogP contribution in [0.2, 0.25) is 0 Å². The van der Waals surface area contributed by atoms with Crippen LogP contribution in [0.5, 0.6) is 0 Å². The van der Waals surface area contributed by atoms with E-state index in [0.29, 0.717) is 24.7 Å². The summed E-state index contributed by atoms with van der Waals surface area (Å²) in [5, 5.41) is 9.20. The number of nitrogens with zero attached hydrogens (tertiary/aromatic N) is 1. The van der Waals surface area contributed by atoms with Crippen molar-refractivity contribution in [2.24, 2.45) is 4.99 Å². The van der Waals surface area contributed by atoms with Gasteiger partial charge >= 0.3 is 0 Å². The molecule has 1 atom stereocenters. The fraction of sp³-hybridized carbons (Fsp3) is 0.385. The van der Waals surface area contributed by atoms with Gasteiger partial charge in [0.15, 0.2) is 5.96 Å².